The Balaban J connectivity index is 1.81. The van der Waals surface area contributed by atoms with Gasteiger partial charge in [-0.25, -0.2) is 13.8 Å². The average Bonchev–Trinajstić information content (AvgIpc) is 3.34. The van der Waals surface area contributed by atoms with Crippen LogP contribution in [0.15, 0.2) is 59.9 Å². The van der Waals surface area contributed by atoms with Gasteiger partial charge in [0.2, 0.25) is 0 Å². The number of nitrogens with zero attached hydrogens (tertiary/aromatic N) is 3. The summed E-state index contributed by atoms with van der Waals surface area (Å²) in [5.74, 6) is 4.51. The minimum absolute atomic E-state index is 0.148. The average molecular weight is 407 g/mol. The maximum absolute atomic E-state index is 14.3. The molecule has 0 aliphatic heterocycles. The lowest BCUT2D eigenvalue weighted by Crippen LogP contribution is -2.21. The lowest BCUT2D eigenvalue weighted by atomic mass is 10.0. The third-order valence-corrected chi connectivity index (χ3v) is 4.99. The number of ether oxygens (including phenoxy) is 1. The van der Waals surface area contributed by atoms with Gasteiger partial charge in [-0.3, -0.25) is 9.47 Å². The van der Waals surface area contributed by atoms with Gasteiger partial charge in [0, 0.05) is 42.0 Å². The second-order valence-corrected chi connectivity index (χ2v) is 6.86. The van der Waals surface area contributed by atoms with E-state index in [2.05, 4.69) is 9.97 Å². The van der Waals surface area contributed by atoms with Crippen molar-refractivity contribution >= 4 is 21.9 Å². The number of hydrogen-bond acceptors (Lipinski definition) is 4. The Labute approximate surface area is 167 Å². The molecule has 0 unspecified atom stereocenters. The van der Waals surface area contributed by atoms with Gasteiger partial charge < -0.3 is 20.1 Å². The fourth-order valence-corrected chi connectivity index (χ4v) is 3.56. The van der Waals surface area contributed by atoms with E-state index in [9.17, 15) is 13.6 Å². The number of nitrogen functional groups attached to an aromatic ring is 1. The summed E-state index contributed by atoms with van der Waals surface area (Å²) in [4.78, 5) is 19.8. The number of benzene rings is 2. The molecule has 3 heterocycles. The van der Waals surface area contributed by atoms with Gasteiger partial charge in [0.25, 0.3) is 5.56 Å². The minimum atomic E-state index is -0.841. The van der Waals surface area contributed by atoms with Crippen LogP contribution in [0.4, 0.5) is 8.78 Å². The van der Waals surface area contributed by atoms with Gasteiger partial charge in [-0.2, -0.15) is 0 Å². The molecule has 0 bridgehead atoms. The van der Waals surface area contributed by atoms with Gasteiger partial charge in [0.05, 0.1) is 11.8 Å². The number of nitrogens with two attached hydrogens (primary N) is 1. The van der Waals surface area contributed by atoms with Crippen molar-refractivity contribution in [3.63, 3.8) is 0 Å². The summed E-state index contributed by atoms with van der Waals surface area (Å²) in [5.41, 5.74) is 2.42. The number of nitrogens with one attached hydrogen (secondary N) is 1. The van der Waals surface area contributed by atoms with Crippen LogP contribution in [0.2, 0.25) is 0 Å². The van der Waals surface area contributed by atoms with Gasteiger partial charge >= 0.3 is 0 Å². The summed E-state index contributed by atoms with van der Waals surface area (Å²) in [6, 6.07) is 8.39. The molecule has 0 aliphatic carbocycles. The Morgan fingerprint density at radius 1 is 1.13 bits per heavy atom. The third kappa shape index (κ3) is 2.63. The van der Waals surface area contributed by atoms with Crippen LogP contribution in [0.1, 0.15) is 0 Å². The number of pyridine rings is 1. The summed E-state index contributed by atoms with van der Waals surface area (Å²) in [6.45, 7) is 0. The number of aromatic amines is 1. The van der Waals surface area contributed by atoms with Crippen molar-refractivity contribution in [2.75, 3.05) is 5.84 Å². The van der Waals surface area contributed by atoms with E-state index in [-0.39, 0.29) is 17.1 Å². The van der Waals surface area contributed by atoms with Crippen LogP contribution in [0, 0.1) is 11.6 Å². The van der Waals surface area contributed by atoms with Gasteiger partial charge in [-0.05, 0) is 30.3 Å². The number of hydrogen-bond donors (Lipinski definition) is 2. The lowest BCUT2D eigenvalue weighted by Gasteiger charge is -2.14. The lowest BCUT2D eigenvalue weighted by molar-refractivity contribution is 0.442. The predicted molar refractivity (Wildman–Crippen MR) is 109 cm³/mol. The summed E-state index contributed by atoms with van der Waals surface area (Å²) < 4.78 is 36.2. The monoisotopic (exact) mass is 407 g/mol. The van der Waals surface area contributed by atoms with E-state index < -0.39 is 11.6 Å². The molecule has 0 amide bonds. The Morgan fingerprint density at radius 3 is 2.77 bits per heavy atom. The summed E-state index contributed by atoms with van der Waals surface area (Å²) in [5, 5.41) is 0.611. The molecular weight excluding hydrogens is 392 g/mol. The molecule has 2 aromatic carbocycles. The molecule has 0 saturated heterocycles. The maximum atomic E-state index is 14.3. The van der Waals surface area contributed by atoms with Crippen LogP contribution in [0.5, 0.6) is 11.5 Å². The molecule has 30 heavy (non-hydrogen) atoms. The Kier molecular flexibility index (Phi) is 3.85. The highest BCUT2D eigenvalue weighted by atomic mass is 19.1. The highest BCUT2D eigenvalue weighted by molar-refractivity contribution is 6.00. The first-order chi connectivity index (χ1) is 14.4. The first-order valence-corrected chi connectivity index (χ1v) is 8.99. The van der Waals surface area contributed by atoms with Crippen LogP contribution in [-0.4, -0.2) is 19.2 Å². The molecule has 3 aromatic heterocycles. The molecule has 0 saturated carbocycles. The smallest absolute Gasteiger partial charge is 0.276 e. The highest BCUT2D eigenvalue weighted by Gasteiger charge is 2.20. The van der Waals surface area contributed by atoms with Crippen LogP contribution >= 0.6 is 0 Å². The van der Waals surface area contributed by atoms with Gasteiger partial charge in [-0.15, -0.1) is 0 Å². The standard InChI is InChI=1S/C21H15F2N5O2/c1-27-9-14(12-6-7-28(24)19(12)21(27)29)13-3-4-16-18(26-10-25-16)20(13)30-17-5-2-11(22)8-15(17)23/h2-10H,24H2,1H3,(H,25,26). The normalized spacial score (nSPS) is 11.4. The summed E-state index contributed by atoms with van der Waals surface area (Å²) in [6.07, 6.45) is 4.74. The van der Waals surface area contributed by atoms with Crippen LogP contribution in [0.3, 0.4) is 0 Å². The number of imidazole rings is 1. The van der Waals surface area contributed by atoms with E-state index in [0.29, 0.717) is 33.1 Å². The van der Waals surface area contributed by atoms with Crippen molar-refractivity contribution < 1.29 is 13.5 Å². The number of rotatable bonds is 3. The van der Waals surface area contributed by atoms with Gasteiger partial charge in [-0.1, -0.05) is 0 Å². The topological polar surface area (TPSA) is 90.9 Å². The fraction of sp³-hybridized carbons (Fsp3) is 0.0476. The number of halogens is 2. The molecule has 5 rings (SSSR count). The largest absolute Gasteiger partial charge is 0.451 e. The highest BCUT2D eigenvalue weighted by Crippen LogP contribution is 2.41. The molecule has 7 nitrogen and oxygen atoms in total. The molecule has 5 aromatic rings. The van der Waals surface area contributed by atoms with E-state index in [1.807, 2.05) is 6.07 Å². The molecule has 0 fully saturated rings. The third-order valence-electron chi connectivity index (χ3n) is 4.99. The molecule has 0 aliphatic rings. The van der Waals surface area contributed by atoms with E-state index in [4.69, 9.17) is 10.6 Å². The molecule has 0 atom stereocenters. The van der Waals surface area contributed by atoms with Crippen molar-refractivity contribution in [3.8, 4) is 22.6 Å². The Hall–Kier alpha value is -4.14. The number of H-pyrrole nitrogens is 1. The first-order valence-electron chi connectivity index (χ1n) is 8.99. The van der Waals surface area contributed by atoms with Crippen LogP contribution < -0.4 is 16.1 Å². The van der Waals surface area contributed by atoms with Crippen molar-refractivity contribution in [1.29, 1.82) is 0 Å². The zero-order valence-corrected chi connectivity index (χ0v) is 15.7. The number of aryl methyl sites for hydroxylation is 1. The summed E-state index contributed by atoms with van der Waals surface area (Å²) >= 11 is 0. The molecular formula is C21H15F2N5O2. The molecule has 0 radical (unpaired) electrons. The minimum Gasteiger partial charge on any atom is -0.451 e. The molecule has 0 spiro atoms. The molecule has 150 valence electrons. The van der Waals surface area contributed by atoms with Crippen molar-refractivity contribution in [2.45, 2.75) is 0 Å². The zero-order valence-electron chi connectivity index (χ0n) is 15.7. The van der Waals surface area contributed by atoms with E-state index in [1.54, 1.807) is 31.6 Å². The van der Waals surface area contributed by atoms with E-state index in [1.165, 1.54) is 21.6 Å². The quantitative estimate of drug-likeness (QED) is 0.447. The maximum Gasteiger partial charge on any atom is 0.276 e. The van der Waals surface area contributed by atoms with E-state index in [0.717, 1.165) is 12.1 Å². The Bertz CT molecular complexity index is 1500. The summed E-state index contributed by atoms with van der Waals surface area (Å²) in [7, 11) is 1.62. The Morgan fingerprint density at radius 2 is 1.97 bits per heavy atom. The second-order valence-electron chi connectivity index (χ2n) is 6.86. The molecule has 3 N–H and O–H groups in total. The van der Waals surface area contributed by atoms with Crippen molar-refractivity contribution in [1.82, 2.24) is 19.2 Å². The van der Waals surface area contributed by atoms with Gasteiger partial charge in [0.1, 0.15) is 16.9 Å². The van der Waals surface area contributed by atoms with Crippen LogP contribution in [-0.2, 0) is 7.05 Å². The number of aromatic nitrogens is 4. The fourth-order valence-electron chi connectivity index (χ4n) is 3.56. The van der Waals surface area contributed by atoms with Crippen molar-refractivity contribution in [2.24, 2.45) is 7.05 Å². The zero-order chi connectivity index (χ0) is 21.0. The number of fused-ring (bicyclic) bond motifs is 2. The molecule has 9 heteroatoms. The first kappa shape index (κ1) is 17.9. The SMILES string of the molecule is Cn1cc(-c2ccc3[nH]cnc3c2Oc2ccc(F)cc2F)c2ccn(N)c2c1=O. The second kappa shape index (κ2) is 6.45. The van der Waals surface area contributed by atoms with Crippen molar-refractivity contribution in [3.05, 3.63) is 77.1 Å². The van der Waals surface area contributed by atoms with E-state index >= 15 is 0 Å². The van der Waals surface area contributed by atoms with Crippen LogP contribution in [0.25, 0.3) is 33.1 Å². The predicted octanol–water partition coefficient (Wildman–Crippen LogP) is 3.67. The van der Waals surface area contributed by atoms with Gasteiger partial charge in [0.15, 0.2) is 17.3 Å².